The molecule has 2 atom stereocenters. The van der Waals surface area contributed by atoms with Crippen LogP contribution in [-0.4, -0.2) is 52.4 Å². The number of carbonyl (C=O) groups excluding carboxylic acids is 1. The van der Waals surface area contributed by atoms with Crippen LogP contribution in [0, 0.1) is 0 Å². The van der Waals surface area contributed by atoms with Gasteiger partial charge in [0.05, 0.1) is 30.4 Å². The predicted octanol–water partition coefficient (Wildman–Crippen LogP) is 0.900. The van der Waals surface area contributed by atoms with Crippen LogP contribution in [0.15, 0.2) is 12.3 Å². The molecular formula is C12H17ClN2O3. The maximum absolute atomic E-state index is 12.4. The molecule has 2 unspecified atom stereocenters. The molecule has 18 heavy (non-hydrogen) atoms. The SMILES string of the molecule is CC1COC(CO)CN1C(=O)c1cc(Cl)cn1C. The summed E-state index contributed by atoms with van der Waals surface area (Å²) in [5, 5.41) is 9.66. The second kappa shape index (κ2) is 5.30. The van der Waals surface area contributed by atoms with Gasteiger partial charge in [0.2, 0.25) is 0 Å². The minimum absolute atomic E-state index is 0.00558. The Morgan fingerprint density at radius 2 is 2.39 bits per heavy atom. The van der Waals surface area contributed by atoms with Gasteiger partial charge in [-0.15, -0.1) is 0 Å². The average Bonchev–Trinajstić information content (AvgIpc) is 2.68. The molecule has 0 bridgehead atoms. The van der Waals surface area contributed by atoms with Crippen LogP contribution in [0.4, 0.5) is 0 Å². The lowest BCUT2D eigenvalue weighted by atomic mass is 10.2. The van der Waals surface area contributed by atoms with E-state index in [-0.39, 0.29) is 24.7 Å². The molecule has 2 heterocycles. The zero-order chi connectivity index (χ0) is 13.3. The number of hydrogen-bond donors (Lipinski definition) is 1. The summed E-state index contributed by atoms with van der Waals surface area (Å²) in [4.78, 5) is 14.1. The van der Waals surface area contributed by atoms with Gasteiger partial charge in [-0.2, -0.15) is 0 Å². The Morgan fingerprint density at radius 1 is 1.67 bits per heavy atom. The molecule has 1 amide bonds. The second-order valence-corrected chi connectivity index (χ2v) is 5.04. The number of rotatable bonds is 2. The minimum atomic E-state index is -0.305. The average molecular weight is 273 g/mol. The van der Waals surface area contributed by atoms with E-state index >= 15 is 0 Å². The van der Waals surface area contributed by atoms with Crippen molar-refractivity contribution in [2.75, 3.05) is 19.8 Å². The number of amides is 1. The summed E-state index contributed by atoms with van der Waals surface area (Å²) in [6, 6.07) is 1.65. The van der Waals surface area contributed by atoms with Crippen molar-refractivity contribution in [3.63, 3.8) is 0 Å². The highest BCUT2D eigenvalue weighted by Gasteiger charge is 2.31. The highest BCUT2D eigenvalue weighted by atomic mass is 35.5. The fourth-order valence-electron chi connectivity index (χ4n) is 2.09. The molecule has 1 saturated heterocycles. The number of aliphatic hydroxyl groups excluding tert-OH is 1. The van der Waals surface area contributed by atoms with Crippen molar-refractivity contribution in [1.82, 2.24) is 9.47 Å². The van der Waals surface area contributed by atoms with Crippen LogP contribution >= 0.6 is 11.6 Å². The van der Waals surface area contributed by atoms with Crippen molar-refractivity contribution in [3.05, 3.63) is 23.0 Å². The predicted molar refractivity (Wildman–Crippen MR) is 67.7 cm³/mol. The lowest BCUT2D eigenvalue weighted by Gasteiger charge is -2.37. The van der Waals surface area contributed by atoms with E-state index in [1.807, 2.05) is 6.92 Å². The molecule has 5 nitrogen and oxygen atoms in total. The molecule has 0 aromatic carbocycles. The van der Waals surface area contributed by atoms with E-state index < -0.39 is 0 Å². The third-order valence-corrected chi connectivity index (χ3v) is 3.37. The first-order chi connectivity index (χ1) is 8.52. The molecule has 0 radical (unpaired) electrons. The summed E-state index contributed by atoms with van der Waals surface area (Å²) < 4.78 is 7.12. The molecule has 0 saturated carbocycles. The molecule has 2 rings (SSSR count). The molecule has 6 heteroatoms. The fraction of sp³-hybridized carbons (Fsp3) is 0.583. The Balaban J connectivity index is 2.19. The molecule has 1 N–H and O–H groups in total. The van der Waals surface area contributed by atoms with Crippen molar-refractivity contribution >= 4 is 17.5 Å². The van der Waals surface area contributed by atoms with Crippen LogP contribution in [0.3, 0.4) is 0 Å². The Kier molecular flexibility index (Phi) is 3.94. The molecule has 0 spiro atoms. The van der Waals surface area contributed by atoms with E-state index in [4.69, 9.17) is 21.4 Å². The molecule has 1 aliphatic rings. The molecule has 1 aromatic heterocycles. The number of aliphatic hydroxyl groups is 1. The number of ether oxygens (including phenoxy) is 1. The zero-order valence-corrected chi connectivity index (χ0v) is 11.2. The van der Waals surface area contributed by atoms with Gasteiger partial charge in [-0.25, -0.2) is 0 Å². The Morgan fingerprint density at radius 3 is 2.94 bits per heavy atom. The van der Waals surface area contributed by atoms with Gasteiger partial charge in [-0.05, 0) is 13.0 Å². The van der Waals surface area contributed by atoms with Gasteiger partial charge in [0.1, 0.15) is 5.69 Å². The Labute approximate surface area is 111 Å². The first-order valence-corrected chi connectivity index (χ1v) is 6.26. The summed E-state index contributed by atoms with van der Waals surface area (Å²) in [7, 11) is 1.79. The fourth-order valence-corrected chi connectivity index (χ4v) is 2.34. The number of morpholine rings is 1. The minimum Gasteiger partial charge on any atom is -0.394 e. The molecule has 1 fully saturated rings. The third-order valence-electron chi connectivity index (χ3n) is 3.16. The summed E-state index contributed by atoms with van der Waals surface area (Å²) >= 11 is 5.88. The lowest BCUT2D eigenvalue weighted by Crippen LogP contribution is -2.52. The maximum atomic E-state index is 12.4. The summed E-state index contributed by atoms with van der Waals surface area (Å²) in [5.41, 5.74) is 0.547. The third kappa shape index (κ3) is 2.53. The van der Waals surface area contributed by atoms with E-state index in [0.29, 0.717) is 23.9 Å². The maximum Gasteiger partial charge on any atom is 0.270 e. The van der Waals surface area contributed by atoms with Crippen molar-refractivity contribution < 1.29 is 14.6 Å². The molecular weight excluding hydrogens is 256 g/mol. The lowest BCUT2D eigenvalue weighted by molar-refractivity contribution is -0.0669. The molecule has 100 valence electrons. The number of nitrogens with zero attached hydrogens (tertiary/aromatic N) is 2. The van der Waals surface area contributed by atoms with E-state index in [9.17, 15) is 4.79 Å². The van der Waals surface area contributed by atoms with Crippen molar-refractivity contribution in [2.45, 2.75) is 19.1 Å². The number of carbonyl (C=O) groups is 1. The first kappa shape index (κ1) is 13.4. The van der Waals surface area contributed by atoms with Gasteiger partial charge in [0, 0.05) is 19.8 Å². The normalized spacial score (nSPS) is 24.3. The van der Waals surface area contributed by atoms with Gasteiger partial charge in [0.15, 0.2) is 0 Å². The first-order valence-electron chi connectivity index (χ1n) is 5.88. The second-order valence-electron chi connectivity index (χ2n) is 4.60. The van der Waals surface area contributed by atoms with Crippen LogP contribution < -0.4 is 0 Å². The van der Waals surface area contributed by atoms with Crippen LogP contribution in [0.5, 0.6) is 0 Å². The number of aryl methyl sites for hydroxylation is 1. The molecule has 0 aliphatic carbocycles. The van der Waals surface area contributed by atoms with Crippen molar-refractivity contribution in [3.8, 4) is 0 Å². The summed E-state index contributed by atoms with van der Waals surface area (Å²) in [5.74, 6) is -0.0846. The number of halogens is 1. The van der Waals surface area contributed by atoms with E-state index in [1.54, 1.807) is 28.8 Å². The standard InChI is InChI=1S/C12H17ClN2O3/c1-8-7-18-10(6-16)5-15(8)12(17)11-3-9(13)4-14(11)2/h3-4,8,10,16H,5-7H2,1-2H3. The van der Waals surface area contributed by atoms with Crippen LogP contribution in [-0.2, 0) is 11.8 Å². The van der Waals surface area contributed by atoms with Gasteiger partial charge in [-0.3, -0.25) is 4.79 Å². The topological polar surface area (TPSA) is 54.7 Å². The van der Waals surface area contributed by atoms with Crippen molar-refractivity contribution in [2.24, 2.45) is 7.05 Å². The van der Waals surface area contributed by atoms with Gasteiger partial charge in [0.25, 0.3) is 5.91 Å². The molecule has 1 aliphatic heterocycles. The van der Waals surface area contributed by atoms with Crippen LogP contribution in [0.25, 0.3) is 0 Å². The monoisotopic (exact) mass is 272 g/mol. The van der Waals surface area contributed by atoms with Crippen LogP contribution in [0.2, 0.25) is 5.02 Å². The van der Waals surface area contributed by atoms with Gasteiger partial charge in [-0.1, -0.05) is 11.6 Å². The summed E-state index contributed by atoms with van der Waals surface area (Å²) in [6.07, 6.45) is 1.39. The number of hydrogen-bond acceptors (Lipinski definition) is 3. The van der Waals surface area contributed by atoms with Crippen LogP contribution in [0.1, 0.15) is 17.4 Å². The Hall–Kier alpha value is -1.04. The smallest absolute Gasteiger partial charge is 0.270 e. The number of aromatic nitrogens is 1. The largest absolute Gasteiger partial charge is 0.394 e. The van der Waals surface area contributed by atoms with Crippen molar-refractivity contribution in [1.29, 1.82) is 0 Å². The highest BCUT2D eigenvalue weighted by molar-refractivity contribution is 6.31. The quantitative estimate of drug-likeness (QED) is 0.870. The van der Waals surface area contributed by atoms with Gasteiger partial charge >= 0.3 is 0 Å². The van der Waals surface area contributed by atoms with E-state index in [1.165, 1.54) is 0 Å². The zero-order valence-electron chi connectivity index (χ0n) is 10.5. The Bertz CT molecular complexity index is 447. The molecule has 1 aromatic rings. The highest BCUT2D eigenvalue weighted by Crippen LogP contribution is 2.19. The van der Waals surface area contributed by atoms with E-state index in [0.717, 1.165) is 0 Å². The van der Waals surface area contributed by atoms with E-state index in [2.05, 4.69) is 0 Å². The van der Waals surface area contributed by atoms with Gasteiger partial charge < -0.3 is 19.3 Å². The summed E-state index contributed by atoms with van der Waals surface area (Å²) in [6.45, 7) is 2.69.